The Balaban J connectivity index is 1.66. The van der Waals surface area contributed by atoms with Crippen LogP contribution in [0.5, 0.6) is 0 Å². The van der Waals surface area contributed by atoms with Crippen LogP contribution in [0.15, 0.2) is 66.7 Å². The first-order valence-electron chi connectivity index (χ1n) is 8.01. The van der Waals surface area contributed by atoms with Crippen molar-refractivity contribution in [2.45, 2.75) is 0 Å². The highest BCUT2D eigenvalue weighted by atomic mass is 16.2. The second kappa shape index (κ2) is 7.49. The van der Waals surface area contributed by atoms with Crippen molar-refractivity contribution in [2.75, 3.05) is 24.2 Å². The first kappa shape index (κ1) is 16.5. The van der Waals surface area contributed by atoms with Gasteiger partial charge in [-0.1, -0.05) is 42.5 Å². The topological polar surface area (TPSA) is 70.2 Å². The molecule has 0 bridgehead atoms. The summed E-state index contributed by atoms with van der Waals surface area (Å²) in [7, 11) is 1.57. The number of fused-ring (bicyclic) bond motifs is 1. The van der Waals surface area contributed by atoms with Crippen molar-refractivity contribution in [3.63, 3.8) is 0 Å². The van der Waals surface area contributed by atoms with E-state index in [1.165, 1.54) is 0 Å². The molecule has 3 N–H and O–H groups in total. The molecule has 0 heterocycles. The van der Waals surface area contributed by atoms with Gasteiger partial charge in [0.25, 0.3) is 5.91 Å². The summed E-state index contributed by atoms with van der Waals surface area (Å²) in [5.41, 5.74) is 2.00. The van der Waals surface area contributed by atoms with Gasteiger partial charge in [0.05, 0.1) is 6.54 Å². The highest BCUT2D eigenvalue weighted by Crippen LogP contribution is 2.22. The first-order valence-corrected chi connectivity index (χ1v) is 8.01. The summed E-state index contributed by atoms with van der Waals surface area (Å²) >= 11 is 0. The van der Waals surface area contributed by atoms with Crippen LogP contribution in [-0.4, -0.2) is 25.4 Å². The number of benzene rings is 3. The third kappa shape index (κ3) is 3.95. The number of carbonyl (C=O) groups is 2. The third-order valence-corrected chi connectivity index (χ3v) is 3.86. The molecule has 2 amide bonds. The Kier molecular flexibility index (Phi) is 4.95. The van der Waals surface area contributed by atoms with Gasteiger partial charge in [-0.05, 0) is 29.7 Å². The van der Waals surface area contributed by atoms with Crippen LogP contribution in [-0.2, 0) is 4.79 Å². The third-order valence-electron chi connectivity index (χ3n) is 3.86. The van der Waals surface area contributed by atoms with E-state index in [1.807, 2.05) is 42.5 Å². The van der Waals surface area contributed by atoms with E-state index in [0.29, 0.717) is 11.3 Å². The molecule has 5 heteroatoms. The zero-order valence-electron chi connectivity index (χ0n) is 13.9. The van der Waals surface area contributed by atoms with E-state index in [4.69, 9.17) is 0 Å². The molecular weight excluding hydrogens is 314 g/mol. The maximum atomic E-state index is 12.2. The van der Waals surface area contributed by atoms with Crippen LogP contribution in [0.4, 0.5) is 11.4 Å². The van der Waals surface area contributed by atoms with E-state index in [9.17, 15) is 9.59 Å². The molecule has 25 heavy (non-hydrogen) atoms. The van der Waals surface area contributed by atoms with Crippen LogP contribution in [0.1, 0.15) is 10.4 Å². The predicted molar refractivity (Wildman–Crippen MR) is 101 cm³/mol. The van der Waals surface area contributed by atoms with Crippen molar-refractivity contribution < 1.29 is 9.59 Å². The fourth-order valence-electron chi connectivity index (χ4n) is 2.64. The summed E-state index contributed by atoms with van der Waals surface area (Å²) in [6.45, 7) is 0.137. The summed E-state index contributed by atoms with van der Waals surface area (Å²) in [6, 6.07) is 20.8. The van der Waals surface area contributed by atoms with Crippen LogP contribution in [0.25, 0.3) is 10.8 Å². The molecule has 0 saturated carbocycles. The van der Waals surface area contributed by atoms with E-state index in [2.05, 4.69) is 16.0 Å². The second-order valence-corrected chi connectivity index (χ2v) is 5.59. The smallest absolute Gasteiger partial charge is 0.251 e. The van der Waals surface area contributed by atoms with E-state index in [1.54, 1.807) is 31.3 Å². The molecular formula is C20H19N3O2. The van der Waals surface area contributed by atoms with Crippen LogP contribution in [0.3, 0.4) is 0 Å². The molecule has 3 aromatic rings. The Morgan fingerprint density at radius 2 is 1.68 bits per heavy atom. The lowest BCUT2D eigenvalue weighted by Crippen LogP contribution is -2.22. The number of amides is 2. The first-order chi connectivity index (χ1) is 12.2. The standard InChI is InChI=1S/C20H19N3O2/c1-21-20(25)15-8-4-9-16(12-15)23-19(24)13-22-18-11-5-7-14-6-2-3-10-17(14)18/h2-12,22H,13H2,1H3,(H,21,25)(H,23,24). The van der Waals surface area contributed by atoms with Crippen LogP contribution in [0.2, 0.25) is 0 Å². The van der Waals surface area contributed by atoms with Crippen molar-refractivity contribution in [3.8, 4) is 0 Å². The largest absolute Gasteiger partial charge is 0.376 e. The van der Waals surface area contributed by atoms with E-state index >= 15 is 0 Å². The van der Waals surface area contributed by atoms with Gasteiger partial charge >= 0.3 is 0 Å². The van der Waals surface area contributed by atoms with Gasteiger partial charge in [-0.3, -0.25) is 9.59 Å². The maximum Gasteiger partial charge on any atom is 0.251 e. The summed E-state index contributed by atoms with van der Waals surface area (Å²) in [5.74, 6) is -0.369. The van der Waals surface area contributed by atoms with Gasteiger partial charge in [-0.25, -0.2) is 0 Å². The molecule has 0 aliphatic carbocycles. The van der Waals surface area contributed by atoms with Crippen molar-refractivity contribution in [1.29, 1.82) is 0 Å². The molecule has 5 nitrogen and oxygen atoms in total. The summed E-state index contributed by atoms with van der Waals surface area (Å²) in [6.07, 6.45) is 0. The molecule has 126 valence electrons. The lowest BCUT2D eigenvalue weighted by atomic mass is 10.1. The molecule has 3 aromatic carbocycles. The fraction of sp³-hybridized carbons (Fsp3) is 0.100. The molecule has 0 radical (unpaired) electrons. The van der Waals surface area contributed by atoms with Gasteiger partial charge in [-0.2, -0.15) is 0 Å². The quantitative estimate of drug-likeness (QED) is 0.671. The average molecular weight is 333 g/mol. The number of hydrogen-bond acceptors (Lipinski definition) is 3. The molecule has 0 aromatic heterocycles. The molecule has 0 spiro atoms. The van der Waals surface area contributed by atoms with Crippen molar-refractivity contribution in [3.05, 3.63) is 72.3 Å². The zero-order valence-corrected chi connectivity index (χ0v) is 13.9. The second-order valence-electron chi connectivity index (χ2n) is 5.59. The minimum Gasteiger partial charge on any atom is -0.376 e. The zero-order chi connectivity index (χ0) is 17.6. The van der Waals surface area contributed by atoms with Crippen molar-refractivity contribution in [2.24, 2.45) is 0 Å². The molecule has 0 saturated heterocycles. The SMILES string of the molecule is CNC(=O)c1cccc(NC(=O)CNc2cccc3ccccc23)c1. The molecule has 0 aliphatic rings. The van der Waals surface area contributed by atoms with Crippen LogP contribution in [0, 0.1) is 0 Å². The Morgan fingerprint density at radius 3 is 2.52 bits per heavy atom. The van der Waals surface area contributed by atoms with Crippen LogP contribution < -0.4 is 16.0 Å². The lowest BCUT2D eigenvalue weighted by Gasteiger charge is -2.11. The van der Waals surface area contributed by atoms with E-state index in [-0.39, 0.29) is 18.4 Å². The number of rotatable bonds is 5. The van der Waals surface area contributed by atoms with Gasteiger partial charge in [0, 0.05) is 29.4 Å². The Bertz CT molecular complexity index is 916. The van der Waals surface area contributed by atoms with Gasteiger partial charge in [-0.15, -0.1) is 0 Å². The Labute approximate surface area is 146 Å². The number of carbonyl (C=O) groups excluding carboxylic acids is 2. The molecule has 0 unspecified atom stereocenters. The number of hydrogen-bond donors (Lipinski definition) is 3. The van der Waals surface area contributed by atoms with Crippen LogP contribution >= 0.6 is 0 Å². The maximum absolute atomic E-state index is 12.2. The fourth-order valence-corrected chi connectivity index (χ4v) is 2.64. The summed E-state index contributed by atoms with van der Waals surface area (Å²) < 4.78 is 0. The van der Waals surface area contributed by atoms with Gasteiger partial charge in [0.2, 0.25) is 5.91 Å². The molecule has 0 atom stereocenters. The average Bonchev–Trinajstić information content (AvgIpc) is 2.66. The normalized spacial score (nSPS) is 10.3. The van der Waals surface area contributed by atoms with Crippen molar-refractivity contribution >= 4 is 34.0 Å². The number of anilines is 2. The van der Waals surface area contributed by atoms with Gasteiger partial charge in [0.1, 0.15) is 0 Å². The molecule has 0 fully saturated rings. The highest BCUT2D eigenvalue weighted by Gasteiger charge is 2.07. The predicted octanol–water partition coefficient (Wildman–Crippen LogP) is 3.25. The lowest BCUT2D eigenvalue weighted by molar-refractivity contribution is -0.114. The Morgan fingerprint density at radius 1 is 0.920 bits per heavy atom. The minimum absolute atomic E-state index is 0.137. The van der Waals surface area contributed by atoms with Gasteiger partial charge in [0.15, 0.2) is 0 Å². The monoisotopic (exact) mass is 333 g/mol. The molecule has 3 rings (SSSR count). The minimum atomic E-state index is -0.190. The highest BCUT2D eigenvalue weighted by molar-refractivity contribution is 5.99. The summed E-state index contributed by atoms with van der Waals surface area (Å²) in [4.78, 5) is 23.8. The van der Waals surface area contributed by atoms with E-state index in [0.717, 1.165) is 16.5 Å². The Hall–Kier alpha value is -3.34. The number of nitrogens with one attached hydrogen (secondary N) is 3. The van der Waals surface area contributed by atoms with Crippen molar-refractivity contribution in [1.82, 2.24) is 5.32 Å². The van der Waals surface area contributed by atoms with Gasteiger partial charge < -0.3 is 16.0 Å². The van der Waals surface area contributed by atoms with E-state index < -0.39 is 0 Å². The molecule has 0 aliphatic heterocycles. The summed E-state index contributed by atoms with van der Waals surface area (Å²) in [5, 5.41) is 10.7.